The zero-order valence-corrected chi connectivity index (χ0v) is 20.2. The molecule has 2 heterocycles. The van der Waals surface area contributed by atoms with Gasteiger partial charge in [0.15, 0.2) is 0 Å². The fourth-order valence-electron chi connectivity index (χ4n) is 5.14. The van der Waals surface area contributed by atoms with Crippen LogP contribution in [0.3, 0.4) is 0 Å². The second-order valence-corrected chi connectivity index (χ2v) is 10.6. The molecule has 0 radical (unpaired) electrons. The number of aliphatic hydroxyl groups excluding tert-OH is 1. The summed E-state index contributed by atoms with van der Waals surface area (Å²) in [4.78, 5) is 12.6. The van der Waals surface area contributed by atoms with Crippen LogP contribution in [-0.2, 0) is 11.3 Å². The first-order valence-electron chi connectivity index (χ1n) is 12.0. The van der Waals surface area contributed by atoms with Crippen LogP contribution in [0.5, 0.6) is 0 Å². The highest BCUT2D eigenvalue weighted by Crippen LogP contribution is 2.36. The summed E-state index contributed by atoms with van der Waals surface area (Å²) < 4.78 is 3.42. The van der Waals surface area contributed by atoms with Gasteiger partial charge in [0.2, 0.25) is 5.91 Å². The van der Waals surface area contributed by atoms with E-state index in [0.29, 0.717) is 0 Å². The average Bonchev–Trinajstić information content (AvgIpc) is 3.38. The summed E-state index contributed by atoms with van der Waals surface area (Å²) in [6.07, 6.45) is 4.65. The summed E-state index contributed by atoms with van der Waals surface area (Å²) in [5, 5.41) is 14.6. The number of carbonyl (C=O) groups excluding carboxylic acids is 1. The summed E-state index contributed by atoms with van der Waals surface area (Å²) >= 11 is 1.72. The number of aryl methyl sites for hydroxylation is 1. The van der Waals surface area contributed by atoms with Crippen molar-refractivity contribution in [2.45, 2.75) is 51.4 Å². The maximum atomic E-state index is 11.5. The van der Waals surface area contributed by atoms with Crippen molar-refractivity contribution >= 4 is 27.5 Å². The summed E-state index contributed by atoms with van der Waals surface area (Å²) in [6.45, 7) is 2.83. The van der Waals surface area contributed by atoms with Crippen molar-refractivity contribution in [3.63, 3.8) is 0 Å². The Hall–Kier alpha value is -2.93. The highest BCUT2D eigenvalue weighted by atomic mass is 32.1. The van der Waals surface area contributed by atoms with Crippen LogP contribution in [0, 0.1) is 12.8 Å². The van der Waals surface area contributed by atoms with Gasteiger partial charge in [0.05, 0.1) is 10.2 Å². The van der Waals surface area contributed by atoms with Gasteiger partial charge in [-0.15, -0.1) is 11.3 Å². The highest BCUT2D eigenvalue weighted by molar-refractivity contribution is 7.19. The highest BCUT2D eigenvalue weighted by Gasteiger charge is 2.28. The molecule has 1 unspecified atom stereocenters. The lowest BCUT2D eigenvalue weighted by Crippen LogP contribution is -2.38. The summed E-state index contributed by atoms with van der Waals surface area (Å²) in [6, 6.07) is 21.4. The first-order chi connectivity index (χ1) is 16.5. The number of fused-ring (bicyclic) bond motifs is 1. The van der Waals surface area contributed by atoms with E-state index in [1.54, 1.807) is 11.3 Å². The van der Waals surface area contributed by atoms with E-state index >= 15 is 0 Å². The van der Waals surface area contributed by atoms with Crippen molar-refractivity contribution in [3.8, 4) is 11.1 Å². The topological polar surface area (TPSA) is 80.3 Å². The Kier molecular flexibility index (Phi) is 6.55. The number of rotatable bonds is 7. The number of nitrogens with two attached hydrogens (primary N) is 1. The van der Waals surface area contributed by atoms with E-state index in [-0.39, 0.29) is 17.9 Å². The molecule has 1 amide bonds. The molecule has 1 fully saturated rings. The van der Waals surface area contributed by atoms with Crippen molar-refractivity contribution < 1.29 is 9.90 Å². The smallest absolute Gasteiger partial charge is 0.220 e. The summed E-state index contributed by atoms with van der Waals surface area (Å²) in [5.41, 5.74) is 11.2. The van der Waals surface area contributed by atoms with Crippen molar-refractivity contribution in [3.05, 3.63) is 82.9 Å². The van der Waals surface area contributed by atoms with Crippen LogP contribution in [0.15, 0.2) is 66.9 Å². The quantitative estimate of drug-likeness (QED) is 0.317. The molecule has 1 aliphatic rings. The van der Waals surface area contributed by atoms with Gasteiger partial charge in [-0.25, -0.2) is 0 Å². The second kappa shape index (κ2) is 9.74. The van der Waals surface area contributed by atoms with Crippen LogP contribution in [0.2, 0.25) is 0 Å². The molecule has 4 N–H and O–H groups in total. The van der Waals surface area contributed by atoms with Crippen molar-refractivity contribution in [2.24, 2.45) is 11.7 Å². The van der Waals surface area contributed by atoms with Gasteiger partial charge in [0.25, 0.3) is 0 Å². The van der Waals surface area contributed by atoms with Crippen LogP contribution in [0.25, 0.3) is 21.3 Å². The minimum Gasteiger partial charge on any atom is -0.374 e. The molecular formula is C28H31N3O2S. The number of amides is 1. The van der Waals surface area contributed by atoms with Crippen LogP contribution in [0.1, 0.15) is 47.9 Å². The molecule has 1 atom stereocenters. The molecule has 5 nitrogen and oxygen atoms in total. The average molecular weight is 474 g/mol. The molecule has 0 saturated heterocycles. The molecule has 6 heteroatoms. The van der Waals surface area contributed by atoms with Crippen molar-refractivity contribution in [1.29, 1.82) is 0 Å². The van der Waals surface area contributed by atoms with Crippen molar-refractivity contribution in [1.82, 2.24) is 9.88 Å². The number of hydrogen-bond acceptors (Lipinski definition) is 4. The van der Waals surface area contributed by atoms with Gasteiger partial charge in [0, 0.05) is 35.1 Å². The molecule has 34 heavy (non-hydrogen) atoms. The molecule has 5 rings (SSSR count). The van der Waals surface area contributed by atoms with E-state index in [4.69, 9.17) is 5.73 Å². The molecule has 2 aromatic heterocycles. The van der Waals surface area contributed by atoms with E-state index in [1.165, 1.54) is 21.4 Å². The SMILES string of the molecule is Cc1sc2ccn(Cc3ccc(-c4ccccc4)cc3)c2c1C(O)N[C@H]1CC[C@@H](C(N)=O)CC1. The predicted octanol–water partition coefficient (Wildman–Crippen LogP) is 5.35. The first kappa shape index (κ1) is 22.8. The predicted molar refractivity (Wildman–Crippen MR) is 139 cm³/mol. The third-order valence-corrected chi connectivity index (χ3v) is 8.11. The Labute approximate surface area is 204 Å². The number of nitrogens with one attached hydrogen (secondary N) is 1. The lowest BCUT2D eigenvalue weighted by molar-refractivity contribution is -0.122. The fourth-order valence-corrected chi connectivity index (χ4v) is 6.24. The molecule has 1 saturated carbocycles. The molecule has 2 aromatic carbocycles. The molecular weight excluding hydrogens is 442 g/mol. The molecule has 4 aromatic rings. The minimum absolute atomic E-state index is 0.0321. The Morgan fingerprint density at radius 3 is 2.41 bits per heavy atom. The Morgan fingerprint density at radius 2 is 1.74 bits per heavy atom. The normalized spacial score (nSPS) is 19.4. The number of thiophene rings is 1. The standard InChI is InChI=1S/C28H31N3O2S/c1-18-25(28(33)30-23-13-11-22(12-14-23)27(29)32)26-24(34-18)15-16-31(26)17-19-7-9-21(10-8-19)20-5-3-2-4-6-20/h2-10,15-16,22-23,28,30,33H,11-14,17H2,1H3,(H2,29,32)/t22-,23+,28?. The van der Waals surface area contributed by atoms with Crippen LogP contribution in [0.4, 0.5) is 0 Å². The maximum absolute atomic E-state index is 11.5. The van der Waals surface area contributed by atoms with Gasteiger partial charge in [-0.2, -0.15) is 0 Å². The van der Waals surface area contributed by atoms with Crippen LogP contribution in [-0.4, -0.2) is 21.6 Å². The van der Waals surface area contributed by atoms with Gasteiger partial charge in [-0.1, -0.05) is 54.6 Å². The zero-order valence-electron chi connectivity index (χ0n) is 19.4. The number of hydrogen-bond donors (Lipinski definition) is 3. The molecule has 0 aliphatic heterocycles. The number of benzene rings is 2. The monoisotopic (exact) mass is 473 g/mol. The van der Waals surface area contributed by atoms with Gasteiger partial charge in [-0.3, -0.25) is 10.1 Å². The van der Waals surface area contributed by atoms with E-state index in [0.717, 1.165) is 48.2 Å². The summed E-state index contributed by atoms with van der Waals surface area (Å²) in [7, 11) is 0. The van der Waals surface area contributed by atoms with Gasteiger partial charge < -0.3 is 15.4 Å². The van der Waals surface area contributed by atoms with E-state index in [1.807, 2.05) is 6.07 Å². The Balaban J connectivity index is 1.33. The van der Waals surface area contributed by atoms with Crippen LogP contribution < -0.4 is 11.1 Å². The number of aliphatic hydroxyl groups is 1. The largest absolute Gasteiger partial charge is 0.374 e. The Bertz CT molecular complexity index is 1270. The minimum atomic E-state index is -0.738. The second-order valence-electron chi connectivity index (χ2n) is 9.31. The molecule has 0 bridgehead atoms. The van der Waals surface area contributed by atoms with Gasteiger partial charge in [-0.05, 0) is 55.4 Å². The number of carbonyl (C=O) groups is 1. The lowest BCUT2D eigenvalue weighted by Gasteiger charge is -2.29. The zero-order chi connectivity index (χ0) is 23.7. The first-order valence-corrected chi connectivity index (χ1v) is 12.8. The van der Waals surface area contributed by atoms with Gasteiger partial charge in [0.1, 0.15) is 6.23 Å². The molecule has 176 valence electrons. The molecule has 1 aliphatic carbocycles. The number of primary amides is 1. The van der Waals surface area contributed by atoms with E-state index < -0.39 is 6.23 Å². The fraction of sp³-hybridized carbons (Fsp3) is 0.321. The lowest BCUT2D eigenvalue weighted by atomic mass is 9.85. The van der Waals surface area contributed by atoms with Crippen molar-refractivity contribution in [2.75, 3.05) is 0 Å². The molecule has 0 spiro atoms. The van der Waals surface area contributed by atoms with Crippen LogP contribution >= 0.6 is 11.3 Å². The van der Waals surface area contributed by atoms with E-state index in [9.17, 15) is 9.90 Å². The number of nitrogens with zero attached hydrogens (tertiary/aromatic N) is 1. The Morgan fingerprint density at radius 1 is 1.06 bits per heavy atom. The van der Waals surface area contributed by atoms with Gasteiger partial charge >= 0.3 is 0 Å². The third kappa shape index (κ3) is 4.67. The summed E-state index contributed by atoms with van der Waals surface area (Å²) in [5.74, 6) is -0.237. The number of aromatic nitrogens is 1. The maximum Gasteiger partial charge on any atom is 0.220 e. The van der Waals surface area contributed by atoms with E-state index in [2.05, 4.69) is 77.6 Å². The third-order valence-electron chi connectivity index (χ3n) is 7.03.